The van der Waals surface area contributed by atoms with Gasteiger partial charge in [0.15, 0.2) is 0 Å². The maximum atomic E-state index is 12.7. The van der Waals surface area contributed by atoms with E-state index in [1.807, 2.05) is 17.8 Å². The molecule has 1 heterocycles. The predicted octanol–water partition coefficient (Wildman–Crippen LogP) is 3.67. The fraction of sp³-hybridized carbons (Fsp3) is 0.333. The van der Waals surface area contributed by atoms with Crippen LogP contribution in [0.1, 0.15) is 17.4 Å². The average molecular weight is 330 g/mol. The smallest absolute Gasteiger partial charge is 0.123 e. The fourth-order valence-electron chi connectivity index (χ4n) is 1.39. The Morgan fingerprint density at radius 2 is 2.11 bits per heavy atom. The van der Waals surface area contributed by atoms with Gasteiger partial charge in [-0.15, -0.1) is 16.9 Å². The highest BCUT2D eigenvalue weighted by molar-refractivity contribution is 9.09. The van der Waals surface area contributed by atoms with Gasteiger partial charge in [-0.05, 0) is 31.2 Å². The van der Waals surface area contributed by atoms with Crippen molar-refractivity contribution in [3.05, 3.63) is 42.0 Å². The van der Waals surface area contributed by atoms with Crippen molar-refractivity contribution >= 4 is 27.7 Å². The van der Waals surface area contributed by atoms with Gasteiger partial charge in [-0.1, -0.05) is 21.1 Å². The number of nitrogens with zero attached hydrogens (tertiary/aromatic N) is 3. The second-order valence-corrected chi connectivity index (χ2v) is 6.37. The second kappa shape index (κ2) is 6.33. The Bertz CT molecular complexity index is 498. The summed E-state index contributed by atoms with van der Waals surface area (Å²) < 4.78 is 14.5. The molecule has 0 fully saturated rings. The molecule has 0 saturated carbocycles. The van der Waals surface area contributed by atoms with Crippen LogP contribution in [0.5, 0.6) is 0 Å². The van der Waals surface area contributed by atoms with Gasteiger partial charge < -0.3 is 0 Å². The Kier molecular flexibility index (Phi) is 4.77. The van der Waals surface area contributed by atoms with Crippen LogP contribution in [0.4, 0.5) is 4.39 Å². The molecule has 1 aromatic heterocycles. The molecule has 6 heteroatoms. The Hall–Kier alpha value is -0.880. The SMILES string of the molecule is CC(Br)c1cn(CCSc2ccc(F)cc2)nn1. The highest BCUT2D eigenvalue weighted by atomic mass is 79.9. The third-order valence-electron chi connectivity index (χ3n) is 2.37. The average Bonchev–Trinajstić information content (AvgIpc) is 2.81. The van der Waals surface area contributed by atoms with Crippen LogP contribution in [0.2, 0.25) is 0 Å². The fourth-order valence-corrected chi connectivity index (χ4v) is 2.45. The van der Waals surface area contributed by atoms with E-state index in [-0.39, 0.29) is 10.6 Å². The first-order valence-electron chi connectivity index (χ1n) is 5.57. The second-order valence-electron chi connectivity index (χ2n) is 3.82. The van der Waals surface area contributed by atoms with Crippen molar-refractivity contribution < 1.29 is 4.39 Å². The zero-order chi connectivity index (χ0) is 13.0. The summed E-state index contributed by atoms with van der Waals surface area (Å²) >= 11 is 5.13. The summed E-state index contributed by atoms with van der Waals surface area (Å²) in [5.74, 6) is 0.678. The predicted molar refractivity (Wildman–Crippen MR) is 74.5 cm³/mol. The first kappa shape index (κ1) is 13.5. The maximum absolute atomic E-state index is 12.7. The van der Waals surface area contributed by atoms with Gasteiger partial charge >= 0.3 is 0 Å². The molecule has 96 valence electrons. The zero-order valence-electron chi connectivity index (χ0n) is 9.88. The van der Waals surface area contributed by atoms with Gasteiger partial charge in [0, 0.05) is 16.8 Å². The van der Waals surface area contributed by atoms with Crippen LogP contribution in [0.3, 0.4) is 0 Å². The number of rotatable bonds is 5. The Morgan fingerprint density at radius 3 is 2.72 bits per heavy atom. The van der Waals surface area contributed by atoms with Crippen molar-refractivity contribution in [2.45, 2.75) is 23.2 Å². The molecular formula is C12H13BrFN3S. The number of hydrogen-bond acceptors (Lipinski definition) is 3. The van der Waals surface area contributed by atoms with Crippen LogP contribution in [-0.2, 0) is 6.54 Å². The van der Waals surface area contributed by atoms with E-state index in [1.165, 1.54) is 12.1 Å². The van der Waals surface area contributed by atoms with E-state index in [1.54, 1.807) is 23.9 Å². The standard InChI is InChI=1S/C12H13BrFN3S/c1-9(13)12-8-17(16-15-12)6-7-18-11-4-2-10(14)3-5-11/h2-5,8-9H,6-7H2,1H3. The molecule has 0 aliphatic heterocycles. The number of aromatic nitrogens is 3. The highest BCUT2D eigenvalue weighted by Gasteiger charge is 2.05. The molecule has 2 rings (SSSR count). The molecular weight excluding hydrogens is 317 g/mol. The minimum absolute atomic E-state index is 0.202. The van der Waals surface area contributed by atoms with Gasteiger partial charge in [-0.25, -0.2) is 4.39 Å². The molecule has 18 heavy (non-hydrogen) atoms. The quantitative estimate of drug-likeness (QED) is 0.619. The normalized spacial score (nSPS) is 12.6. The Labute approximate surface area is 118 Å². The molecule has 1 unspecified atom stereocenters. The Balaban J connectivity index is 1.82. The van der Waals surface area contributed by atoms with Crippen molar-refractivity contribution in [1.29, 1.82) is 0 Å². The molecule has 0 spiro atoms. The van der Waals surface area contributed by atoms with E-state index in [0.717, 1.165) is 22.9 Å². The monoisotopic (exact) mass is 329 g/mol. The molecule has 1 atom stereocenters. The molecule has 0 bridgehead atoms. The number of alkyl halides is 1. The third kappa shape index (κ3) is 3.81. The summed E-state index contributed by atoms with van der Waals surface area (Å²) in [5.41, 5.74) is 0.932. The molecule has 2 aromatic rings. The largest absolute Gasteiger partial charge is 0.251 e. The number of hydrogen-bond donors (Lipinski definition) is 0. The van der Waals surface area contributed by atoms with Crippen LogP contribution in [-0.4, -0.2) is 20.7 Å². The first-order chi connectivity index (χ1) is 8.65. The number of aryl methyl sites for hydroxylation is 1. The number of thioether (sulfide) groups is 1. The summed E-state index contributed by atoms with van der Waals surface area (Å²) in [5, 5.41) is 8.11. The van der Waals surface area contributed by atoms with Gasteiger partial charge in [-0.2, -0.15) is 0 Å². The van der Waals surface area contributed by atoms with Crippen molar-refractivity contribution in [2.75, 3.05) is 5.75 Å². The first-order valence-corrected chi connectivity index (χ1v) is 7.48. The van der Waals surface area contributed by atoms with Crippen LogP contribution in [0.25, 0.3) is 0 Å². The van der Waals surface area contributed by atoms with Crippen molar-refractivity contribution in [3.63, 3.8) is 0 Å². The molecule has 0 N–H and O–H groups in total. The lowest BCUT2D eigenvalue weighted by atomic mass is 10.4. The Morgan fingerprint density at radius 1 is 1.39 bits per heavy atom. The third-order valence-corrected chi connectivity index (χ3v) is 3.83. The van der Waals surface area contributed by atoms with Crippen LogP contribution in [0, 0.1) is 5.82 Å². The molecule has 1 aromatic carbocycles. The molecule has 0 radical (unpaired) electrons. The van der Waals surface area contributed by atoms with Crippen molar-refractivity contribution in [1.82, 2.24) is 15.0 Å². The topological polar surface area (TPSA) is 30.7 Å². The van der Waals surface area contributed by atoms with Gasteiger partial charge in [0.25, 0.3) is 0 Å². The van der Waals surface area contributed by atoms with Gasteiger partial charge in [0.2, 0.25) is 0 Å². The molecule has 0 aliphatic carbocycles. The van der Waals surface area contributed by atoms with Crippen LogP contribution < -0.4 is 0 Å². The van der Waals surface area contributed by atoms with Crippen molar-refractivity contribution in [2.24, 2.45) is 0 Å². The molecule has 3 nitrogen and oxygen atoms in total. The number of benzene rings is 1. The molecule has 0 saturated heterocycles. The van der Waals surface area contributed by atoms with E-state index in [4.69, 9.17) is 0 Å². The lowest BCUT2D eigenvalue weighted by Crippen LogP contribution is -2.00. The summed E-state index contributed by atoms with van der Waals surface area (Å²) in [6.45, 7) is 2.80. The van der Waals surface area contributed by atoms with E-state index >= 15 is 0 Å². The maximum Gasteiger partial charge on any atom is 0.123 e. The van der Waals surface area contributed by atoms with Crippen LogP contribution in [0.15, 0.2) is 35.4 Å². The minimum atomic E-state index is -0.202. The summed E-state index contributed by atoms with van der Waals surface area (Å²) in [4.78, 5) is 1.28. The van der Waals surface area contributed by atoms with E-state index in [9.17, 15) is 4.39 Å². The summed E-state index contributed by atoms with van der Waals surface area (Å²) in [6, 6.07) is 6.52. The van der Waals surface area contributed by atoms with Gasteiger partial charge in [0.05, 0.1) is 17.1 Å². The molecule has 0 amide bonds. The van der Waals surface area contributed by atoms with Crippen LogP contribution >= 0.6 is 27.7 Å². The summed E-state index contributed by atoms with van der Waals surface area (Å²) in [7, 11) is 0. The molecule has 0 aliphatic rings. The lowest BCUT2D eigenvalue weighted by Gasteiger charge is -2.01. The lowest BCUT2D eigenvalue weighted by molar-refractivity contribution is 0.626. The van der Waals surface area contributed by atoms with Gasteiger partial charge in [0.1, 0.15) is 5.82 Å². The highest BCUT2D eigenvalue weighted by Crippen LogP contribution is 2.20. The van der Waals surface area contributed by atoms with E-state index < -0.39 is 0 Å². The van der Waals surface area contributed by atoms with E-state index in [0.29, 0.717) is 0 Å². The minimum Gasteiger partial charge on any atom is -0.251 e. The zero-order valence-corrected chi connectivity index (χ0v) is 12.3. The van der Waals surface area contributed by atoms with Crippen molar-refractivity contribution in [3.8, 4) is 0 Å². The number of halogens is 2. The van der Waals surface area contributed by atoms with E-state index in [2.05, 4.69) is 26.2 Å². The summed E-state index contributed by atoms with van der Waals surface area (Å²) in [6.07, 6.45) is 1.94. The van der Waals surface area contributed by atoms with Gasteiger partial charge in [-0.3, -0.25) is 4.68 Å².